The second kappa shape index (κ2) is 5.68. The number of rotatable bonds is 5. The predicted octanol–water partition coefficient (Wildman–Crippen LogP) is 2.52. The first-order valence-corrected chi connectivity index (χ1v) is 7.90. The predicted molar refractivity (Wildman–Crippen MR) is 85.9 cm³/mol. The first-order chi connectivity index (χ1) is 10.9. The SMILES string of the molecule is CC(NC(=O)C1CC1C(=O)O)c1nc2ccccc2n1C(C)C. The maximum atomic E-state index is 12.2. The fourth-order valence-electron chi connectivity index (χ4n) is 3.05. The van der Waals surface area contributed by atoms with E-state index in [9.17, 15) is 9.59 Å². The third-order valence-electron chi connectivity index (χ3n) is 4.33. The van der Waals surface area contributed by atoms with Crippen molar-refractivity contribution in [3.8, 4) is 0 Å². The van der Waals surface area contributed by atoms with Crippen LogP contribution in [0.25, 0.3) is 11.0 Å². The molecule has 2 N–H and O–H groups in total. The van der Waals surface area contributed by atoms with Gasteiger partial charge in [-0.05, 0) is 39.3 Å². The summed E-state index contributed by atoms with van der Waals surface area (Å²) >= 11 is 0. The van der Waals surface area contributed by atoms with Gasteiger partial charge in [0.2, 0.25) is 5.91 Å². The summed E-state index contributed by atoms with van der Waals surface area (Å²) in [6, 6.07) is 7.82. The van der Waals surface area contributed by atoms with Crippen LogP contribution in [0.4, 0.5) is 0 Å². The topological polar surface area (TPSA) is 84.2 Å². The summed E-state index contributed by atoms with van der Waals surface area (Å²) in [6.45, 7) is 6.04. The Kier molecular flexibility index (Phi) is 3.83. The van der Waals surface area contributed by atoms with Gasteiger partial charge >= 0.3 is 5.97 Å². The zero-order chi connectivity index (χ0) is 16.7. The smallest absolute Gasteiger partial charge is 0.307 e. The van der Waals surface area contributed by atoms with Gasteiger partial charge in [0.05, 0.1) is 28.9 Å². The number of hydrogen-bond donors (Lipinski definition) is 2. The number of nitrogens with zero attached hydrogens (tertiary/aromatic N) is 2. The number of para-hydroxylation sites is 2. The molecule has 1 aliphatic rings. The average Bonchev–Trinajstić information content (AvgIpc) is 3.20. The number of carbonyl (C=O) groups is 2. The Labute approximate surface area is 134 Å². The lowest BCUT2D eigenvalue weighted by atomic mass is 10.2. The van der Waals surface area contributed by atoms with Crippen LogP contribution in [0.2, 0.25) is 0 Å². The number of carboxylic acid groups (broad SMARTS) is 1. The lowest BCUT2D eigenvalue weighted by Crippen LogP contribution is -2.31. The molecule has 1 fully saturated rings. The van der Waals surface area contributed by atoms with E-state index in [2.05, 4.69) is 28.7 Å². The molecule has 3 atom stereocenters. The van der Waals surface area contributed by atoms with Crippen LogP contribution in [0, 0.1) is 11.8 Å². The summed E-state index contributed by atoms with van der Waals surface area (Å²) in [6.07, 6.45) is 0.425. The number of carboxylic acids is 1. The number of nitrogens with one attached hydrogen (secondary N) is 1. The van der Waals surface area contributed by atoms with E-state index in [0.717, 1.165) is 16.9 Å². The monoisotopic (exact) mass is 315 g/mol. The number of hydrogen-bond acceptors (Lipinski definition) is 3. The Bertz CT molecular complexity index is 766. The van der Waals surface area contributed by atoms with Crippen molar-refractivity contribution in [1.29, 1.82) is 0 Å². The van der Waals surface area contributed by atoms with E-state index in [-0.39, 0.29) is 18.0 Å². The molecule has 0 bridgehead atoms. The third kappa shape index (κ3) is 2.81. The van der Waals surface area contributed by atoms with Crippen molar-refractivity contribution >= 4 is 22.9 Å². The molecule has 0 saturated heterocycles. The summed E-state index contributed by atoms with van der Waals surface area (Å²) in [7, 11) is 0. The molecule has 1 aromatic carbocycles. The summed E-state index contributed by atoms with van der Waals surface area (Å²) < 4.78 is 2.11. The molecule has 6 nitrogen and oxygen atoms in total. The maximum Gasteiger partial charge on any atom is 0.307 e. The number of aromatic nitrogens is 2. The van der Waals surface area contributed by atoms with Crippen molar-refractivity contribution in [3.05, 3.63) is 30.1 Å². The molecule has 3 unspecified atom stereocenters. The summed E-state index contributed by atoms with van der Waals surface area (Å²) in [5.41, 5.74) is 1.93. The second-order valence-corrected chi connectivity index (χ2v) is 6.44. The summed E-state index contributed by atoms with van der Waals surface area (Å²) in [5, 5.41) is 11.9. The van der Waals surface area contributed by atoms with E-state index in [1.54, 1.807) is 0 Å². The highest BCUT2D eigenvalue weighted by molar-refractivity contribution is 5.89. The lowest BCUT2D eigenvalue weighted by Gasteiger charge is -2.18. The molecule has 2 aromatic rings. The van der Waals surface area contributed by atoms with Gasteiger partial charge in [0.1, 0.15) is 5.82 Å². The van der Waals surface area contributed by atoms with Crippen LogP contribution in [0.1, 0.15) is 45.1 Å². The molecule has 1 amide bonds. The molecule has 3 rings (SSSR count). The molecular formula is C17H21N3O3. The lowest BCUT2D eigenvalue weighted by molar-refractivity contribution is -0.140. The van der Waals surface area contributed by atoms with E-state index < -0.39 is 17.8 Å². The number of carbonyl (C=O) groups excluding carboxylic acids is 1. The number of fused-ring (bicyclic) bond motifs is 1. The average molecular weight is 315 g/mol. The van der Waals surface area contributed by atoms with Gasteiger partial charge in [-0.3, -0.25) is 9.59 Å². The Balaban J connectivity index is 1.83. The zero-order valence-electron chi connectivity index (χ0n) is 13.5. The van der Waals surface area contributed by atoms with Crippen LogP contribution >= 0.6 is 0 Å². The van der Waals surface area contributed by atoms with E-state index in [4.69, 9.17) is 5.11 Å². The minimum absolute atomic E-state index is 0.202. The zero-order valence-corrected chi connectivity index (χ0v) is 13.5. The quantitative estimate of drug-likeness (QED) is 0.888. The van der Waals surface area contributed by atoms with Crippen LogP contribution in [0.3, 0.4) is 0 Å². The van der Waals surface area contributed by atoms with Crippen molar-refractivity contribution in [3.63, 3.8) is 0 Å². The normalized spacial score (nSPS) is 21.4. The van der Waals surface area contributed by atoms with Gasteiger partial charge in [0.25, 0.3) is 0 Å². The molecule has 0 spiro atoms. The van der Waals surface area contributed by atoms with Crippen LogP contribution < -0.4 is 5.32 Å². The van der Waals surface area contributed by atoms with Crippen LogP contribution in [-0.2, 0) is 9.59 Å². The number of aliphatic carboxylic acids is 1. The number of imidazole rings is 1. The highest BCUT2D eigenvalue weighted by Crippen LogP contribution is 2.39. The van der Waals surface area contributed by atoms with E-state index in [1.165, 1.54) is 0 Å². The summed E-state index contributed by atoms with van der Waals surface area (Å²) in [4.78, 5) is 27.7. The molecular weight excluding hydrogens is 294 g/mol. The molecule has 23 heavy (non-hydrogen) atoms. The van der Waals surface area contributed by atoms with Crippen LogP contribution in [0.15, 0.2) is 24.3 Å². The van der Waals surface area contributed by atoms with Gasteiger partial charge in [-0.15, -0.1) is 0 Å². The molecule has 1 aliphatic carbocycles. The van der Waals surface area contributed by atoms with Crippen molar-refractivity contribution < 1.29 is 14.7 Å². The minimum Gasteiger partial charge on any atom is -0.481 e. The molecule has 6 heteroatoms. The van der Waals surface area contributed by atoms with Crippen molar-refractivity contribution in [2.45, 2.75) is 39.3 Å². The first-order valence-electron chi connectivity index (χ1n) is 7.90. The van der Waals surface area contributed by atoms with Gasteiger partial charge in [-0.25, -0.2) is 4.98 Å². The molecule has 1 heterocycles. The highest BCUT2D eigenvalue weighted by Gasteiger charge is 2.48. The molecule has 122 valence electrons. The molecule has 1 saturated carbocycles. The Hall–Kier alpha value is -2.37. The fourth-order valence-corrected chi connectivity index (χ4v) is 3.05. The number of benzene rings is 1. The molecule has 0 aliphatic heterocycles. The summed E-state index contributed by atoms with van der Waals surface area (Å²) in [5.74, 6) is -1.25. The Morgan fingerprint density at radius 3 is 2.57 bits per heavy atom. The van der Waals surface area contributed by atoms with Gasteiger partial charge in [-0.1, -0.05) is 12.1 Å². The second-order valence-electron chi connectivity index (χ2n) is 6.44. The standard InChI is InChI=1S/C17H21N3O3/c1-9(2)20-14-7-5-4-6-13(14)19-15(20)10(3)18-16(21)11-8-12(11)17(22)23/h4-7,9-12H,8H2,1-3H3,(H,18,21)(H,22,23). The first kappa shape index (κ1) is 15.5. The van der Waals surface area contributed by atoms with Crippen LogP contribution in [-0.4, -0.2) is 26.5 Å². The van der Waals surface area contributed by atoms with Crippen LogP contribution in [0.5, 0.6) is 0 Å². The fraction of sp³-hybridized carbons (Fsp3) is 0.471. The Morgan fingerprint density at radius 1 is 1.26 bits per heavy atom. The van der Waals surface area contributed by atoms with Gasteiger partial charge in [0.15, 0.2) is 0 Å². The largest absolute Gasteiger partial charge is 0.481 e. The van der Waals surface area contributed by atoms with Crippen molar-refractivity contribution in [1.82, 2.24) is 14.9 Å². The minimum atomic E-state index is -0.896. The highest BCUT2D eigenvalue weighted by atomic mass is 16.4. The van der Waals surface area contributed by atoms with E-state index in [1.807, 2.05) is 31.2 Å². The molecule has 0 radical (unpaired) electrons. The Morgan fingerprint density at radius 2 is 1.96 bits per heavy atom. The third-order valence-corrected chi connectivity index (χ3v) is 4.33. The van der Waals surface area contributed by atoms with Gasteiger partial charge < -0.3 is 15.0 Å². The van der Waals surface area contributed by atoms with Crippen molar-refractivity contribution in [2.24, 2.45) is 11.8 Å². The van der Waals surface area contributed by atoms with Gasteiger partial charge in [-0.2, -0.15) is 0 Å². The number of amides is 1. The van der Waals surface area contributed by atoms with Gasteiger partial charge in [0, 0.05) is 6.04 Å². The maximum absolute atomic E-state index is 12.2. The van der Waals surface area contributed by atoms with E-state index in [0.29, 0.717) is 6.42 Å². The molecule has 1 aromatic heterocycles. The van der Waals surface area contributed by atoms with Crippen molar-refractivity contribution in [2.75, 3.05) is 0 Å². The van der Waals surface area contributed by atoms with E-state index >= 15 is 0 Å².